The zero-order valence-electron chi connectivity index (χ0n) is 13.6. The van der Waals surface area contributed by atoms with Crippen LogP contribution in [0.1, 0.15) is 31.7 Å². The van der Waals surface area contributed by atoms with Crippen LogP contribution in [0.2, 0.25) is 0 Å². The summed E-state index contributed by atoms with van der Waals surface area (Å²) in [6, 6.07) is 5.64. The van der Waals surface area contributed by atoms with E-state index in [1.165, 1.54) is 0 Å². The van der Waals surface area contributed by atoms with Gasteiger partial charge < -0.3 is 20.5 Å². The lowest BCUT2D eigenvalue weighted by atomic mass is 10.1. The number of fused-ring (bicyclic) bond motifs is 1. The summed E-state index contributed by atoms with van der Waals surface area (Å²) in [5, 5.41) is 2.99. The summed E-state index contributed by atoms with van der Waals surface area (Å²) in [5.74, 6) is 1.25. The number of hydrogen-bond donors (Lipinski definition) is 2. The van der Waals surface area contributed by atoms with Crippen LogP contribution in [-0.2, 0) is 4.79 Å². The van der Waals surface area contributed by atoms with E-state index >= 15 is 0 Å². The largest absolute Gasteiger partial charge is 0.493 e. The molecule has 0 saturated carbocycles. The van der Waals surface area contributed by atoms with Crippen molar-refractivity contribution in [1.29, 1.82) is 0 Å². The molecular weight excluding hydrogens is 316 g/mol. The van der Waals surface area contributed by atoms with Crippen LogP contribution in [-0.4, -0.2) is 32.2 Å². The van der Waals surface area contributed by atoms with Crippen molar-refractivity contribution in [3.05, 3.63) is 29.3 Å². The van der Waals surface area contributed by atoms with Gasteiger partial charge in [0, 0.05) is 18.2 Å². The van der Waals surface area contributed by atoms with Crippen molar-refractivity contribution in [2.24, 2.45) is 5.73 Å². The minimum absolute atomic E-state index is 0. The second-order valence-electron chi connectivity index (χ2n) is 5.39. The predicted octanol–water partition coefficient (Wildman–Crippen LogP) is 2.53. The number of hydrogen-bond acceptors (Lipinski definition) is 4. The zero-order valence-corrected chi connectivity index (χ0v) is 14.4. The molecule has 1 amide bonds. The van der Waals surface area contributed by atoms with E-state index in [1.54, 1.807) is 7.11 Å². The molecule has 0 aromatic heterocycles. The molecule has 1 aromatic carbocycles. The van der Waals surface area contributed by atoms with E-state index in [4.69, 9.17) is 15.2 Å². The average Bonchev–Trinajstić information content (AvgIpc) is 2.57. The highest BCUT2D eigenvalue weighted by molar-refractivity contribution is 5.99. The van der Waals surface area contributed by atoms with E-state index < -0.39 is 0 Å². The van der Waals surface area contributed by atoms with Crippen molar-refractivity contribution in [3.8, 4) is 11.5 Å². The molecule has 0 bridgehead atoms. The van der Waals surface area contributed by atoms with Gasteiger partial charge in [0.1, 0.15) is 6.61 Å². The van der Waals surface area contributed by atoms with E-state index in [-0.39, 0.29) is 31.0 Å². The number of amides is 1. The molecule has 0 fully saturated rings. The van der Waals surface area contributed by atoms with E-state index in [0.29, 0.717) is 23.6 Å². The maximum atomic E-state index is 12.3. The summed E-state index contributed by atoms with van der Waals surface area (Å²) < 4.78 is 11.0. The van der Waals surface area contributed by atoms with Gasteiger partial charge in [-0.15, -0.1) is 12.4 Å². The number of carbonyl (C=O) groups is 1. The Morgan fingerprint density at radius 3 is 2.91 bits per heavy atom. The lowest BCUT2D eigenvalue weighted by molar-refractivity contribution is -0.118. The van der Waals surface area contributed by atoms with Gasteiger partial charge in [0.05, 0.1) is 12.7 Å². The smallest absolute Gasteiger partial charge is 0.250 e. The topological polar surface area (TPSA) is 73.6 Å². The molecule has 1 unspecified atom stereocenters. The average molecular weight is 341 g/mol. The molecule has 2 rings (SSSR count). The molecule has 0 radical (unpaired) electrons. The number of halogens is 1. The van der Waals surface area contributed by atoms with Gasteiger partial charge in [-0.2, -0.15) is 0 Å². The van der Waals surface area contributed by atoms with Crippen LogP contribution in [0.15, 0.2) is 23.8 Å². The number of carbonyl (C=O) groups excluding carboxylic acids is 1. The normalized spacial score (nSPS) is 13.8. The van der Waals surface area contributed by atoms with Crippen molar-refractivity contribution in [1.82, 2.24) is 5.32 Å². The van der Waals surface area contributed by atoms with Crippen molar-refractivity contribution in [3.63, 3.8) is 0 Å². The van der Waals surface area contributed by atoms with Crippen LogP contribution >= 0.6 is 12.4 Å². The second-order valence-corrected chi connectivity index (χ2v) is 5.39. The molecule has 5 nitrogen and oxygen atoms in total. The zero-order chi connectivity index (χ0) is 15.9. The van der Waals surface area contributed by atoms with E-state index in [2.05, 4.69) is 12.2 Å². The first-order valence-electron chi connectivity index (χ1n) is 7.70. The van der Waals surface area contributed by atoms with Gasteiger partial charge in [-0.25, -0.2) is 0 Å². The van der Waals surface area contributed by atoms with Crippen LogP contribution < -0.4 is 20.5 Å². The summed E-state index contributed by atoms with van der Waals surface area (Å²) in [6.07, 6.45) is 4.89. The number of methoxy groups -OCH3 is 1. The Labute approximate surface area is 143 Å². The molecule has 6 heteroatoms. The fourth-order valence-corrected chi connectivity index (χ4v) is 2.45. The summed E-state index contributed by atoms with van der Waals surface area (Å²) in [4.78, 5) is 12.3. The Balaban J connectivity index is 0.00000264. The molecule has 1 heterocycles. The third kappa shape index (κ3) is 4.88. The van der Waals surface area contributed by atoms with Gasteiger partial charge in [-0.1, -0.05) is 31.9 Å². The number of ether oxygens (including phenoxy) is 2. The molecule has 3 N–H and O–H groups in total. The van der Waals surface area contributed by atoms with Gasteiger partial charge in [0.15, 0.2) is 11.5 Å². The molecule has 128 valence electrons. The fourth-order valence-electron chi connectivity index (χ4n) is 2.45. The number of benzene rings is 1. The molecule has 0 spiro atoms. The first kappa shape index (κ1) is 19.3. The highest BCUT2D eigenvalue weighted by atomic mass is 35.5. The van der Waals surface area contributed by atoms with Gasteiger partial charge in [-0.3, -0.25) is 4.79 Å². The van der Waals surface area contributed by atoms with Crippen molar-refractivity contribution in [2.45, 2.75) is 32.2 Å². The summed E-state index contributed by atoms with van der Waals surface area (Å²) in [7, 11) is 1.60. The molecule has 1 atom stereocenters. The Kier molecular flexibility index (Phi) is 7.92. The number of para-hydroxylation sites is 1. The van der Waals surface area contributed by atoms with E-state index in [0.717, 1.165) is 24.8 Å². The van der Waals surface area contributed by atoms with E-state index in [9.17, 15) is 4.79 Å². The Bertz CT molecular complexity index is 561. The van der Waals surface area contributed by atoms with Crippen molar-refractivity contribution >= 4 is 24.4 Å². The number of nitrogens with one attached hydrogen (secondary N) is 1. The maximum absolute atomic E-state index is 12.3. The Morgan fingerprint density at radius 2 is 2.26 bits per heavy atom. The monoisotopic (exact) mass is 340 g/mol. The third-order valence-corrected chi connectivity index (χ3v) is 3.75. The van der Waals surface area contributed by atoms with Gasteiger partial charge in [0.25, 0.3) is 5.91 Å². The third-order valence-electron chi connectivity index (χ3n) is 3.75. The number of rotatable bonds is 7. The SMILES string of the molecule is CCCCC(CN)NC(=O)C1=Cc2cccc(OC)c2OC1.Cl. The van der Waals surface area contributed by atoms with Crippen molar-refractivity contribution in [2.75, 3.05) is 20.3 Å². The summed E-state index contributed by atoms with van der Waals surface area (Å²) >= 11 is 0. The first-order valence-corrected chi connectivity index (χ1v) is 7.70. The Morgan fingerprint density at radius 1 is 1.48 bits per heavy atom. The molecule has 1 aliphatic rings. The quantitative estimate of drug-likeness (QED) is 0.800. The molecule has 1 aliphatic heterocycles. The summed E-state index contributed by atoms with van der Waals surface area (Å²) in [5.41, 5.74) is 7.19. The molecular formula is C17H25ClN2O3. The highest BCUT2D eigenvalue weighted by Crippen LogP contribution is 2.35. The first-order chi connectivity index (χ1) is 10.7. The lowest BCUT2D eigenvalue weighted by Crippen LogP contribution is -2.41. The standard InChI is InChI=1S/C17H24N2O3.ClH/c1-3-4-7-14(10-18)19-17(20)13-9-12-6-5-8-15(21-2)16(12)22-11-13;/h5-6,8-9,14H,3-4,7,10-11,18H2,1-2H3,(H,19,20);1H. The minimum Gasteiger partial charge on any atom is -0.493 e. The molecule has 0 aliphatic carbocycles. The van der Waals surface area contributed by atoms with Gasteiger partial charge >= 0.3 is 0 Å². The van der Waals surface area contributed by atoms with Crippen LogP contribution in [0.3, 0.4) is 0 Å². The predicted molar refractivity (Wildman–Crippen MR) is 94.2 cm³/mol. The molecule has 23 heavy (non-hydrogen) atoms. The van der Waals surface area contributed by atoms with Crippen LogP contribution in [0.5, 0.6) is 11.5 Å². The molecule has 0 saturated heterocycles. The molecule has 1 aromatic rings. The van der Waals surface area contributed by atoms with E-state index in [1.807, 2.05) is 24.3 Å². The lowest BCUT2D eigenvalue weighted by Gasteiger charge is -2.22. The van der Waals surface area contributed by atoms with Gasteiger partial charge in [0.2, 0.25) is 0 Å². The number of nitrogens with two attached hydrogens (primary N) is 1. The van der Waals surface area contributed by atoms with Gasteiger partial charge in [-0.05, 0) is 18.6 Å². The number of unbranched alkanes of at least 4 members (excludes halogenated alkanes) is 1. The fraction of sp³-hybridized carbons (Fsp3) is 0.471. The summed E-state index contributed by atoms with van der Waals surface area (Å²) in [6.45, 7) is 2.81. The maximum Gasteiger partial charge on any atom is 0.250 e. The Hall–Kier alpha value is -1.72. The van der Waals surface area contributed by atoms with Crippen LogP contribution in [0.25, 0.3) is 6.08 Å². The minimum atomic E-state index is -0.111. The van der Waals surface area contributed by atoms with Crippen LogP contribution in [0.4, 0.5) is 0 Å². The second kappa shape index (κ2) is 9.43. The highest BCUT2D eigenvalue weighted by Gasteiger charge is 2.21. The van der Waals surface area contributed by atoms with Crippen molar-refractivity contribution < 1.29 is 14.3 Å². The van der Waals surface area contributed by atoms with Crippen LogP contribution in [0, 0.1) is 0 Å².